The zero-order valence-electron chi connectivity index (χ0n) is 17.2. The van der Waals surface area contributed by atoms with E-state index in [1.54, 1.807) is 34.6 Å². The minimum atomic E-state index is -1.75. The molecule has 1 fully saturated rings. The molecule has 0 aliphatic carbocycles. The van der Waals surface area contributed by atoms with Gasteiger partial charge in [-0.2, -0.15) is 0 Å². The highest BCUT2D eigenvalue weighted by molar-refractivity contribution is 5.84. The summed E-state index contributed by atoms with van der Waals surface area (Å²) >= 11 is 0. The second kappa shape index (κ2) is 7.65. The topological polar surface area (TPSA) is 71.8 Å². The summed E-state index contributed by atoms with van der Waals surface area (Å²) in [5.74, 6) is -1.28. The quantitative estimate of drug-likeness (QED) is 0.821. The van der Waals surface area contributed by atoms with E-state index >= 15 is 0 Å². The highest BCUT2D eigenvalue weighted by Gasteiger charge is 2.41. The van der Waals surface area contributed by atoms with Crippen molar-refractivity contribution in [2.45, 2.75) is 52.4 Å². The first-order valence-corrected chi connectivity index (χ1v) is 9.57. The minimum absolute atomic E-state index is 0.126. The van der Waals surface area contributed by atoms with Crippen molar-refractivity contribution in [1.29, 1.82) is 0 Å². The number of alkyl halides is 1. The van der Waals surface area contributed by atoms with E-state index in [9.17, 15) is 18.4 Å². The van der Waals surface area contributed by atoms with Crippen molar-refractivity contribution in [2.24, 2.45) is 5.92 Å². The third-order valence-electron chi connectivity index (χ3n) is 4.91. The Morgan fingerprint density at radius 1 is 1.31 bits per heavy atom. The lowest BCUT2D eigenvalue weighted by Gasteiger charge is -2.40. The molecule has 1 aliphatic rings. The van der Waals surface area contributed by atoms with E-state index in [2.05, 4.69) is 5.32 Å². The first-order chi connectivity index (χ1) is 13.5. The third-order valence-corrected chi connectivity index (χ3v) is 4.91. The smallest absolute Gasteiger partial charge is 0.410 e. The third kappa shape index (κ3) is 4.52. The molecule has 8 heteroatoms. The second-order valence-corrected chi connectivity index (χ2v) is 8.51. The van der Waals surface area contributed by atoms with Crippen LogP contribution in [-0.2, 0) is 9.53 Å². The number of carbonyl (C=O) groups is 2. The van der Waals surface area contributed by atoms with Crippen molar-refractivity contribution < 1.29 is 27.5 Å². The van der Waals surface area contributed by atoms with Crippen LogP contribution in [0.5, 0.6) is 0 Å². The van der Waals surface area contributed by atoms with Gasteiger partial charge >= 0.3 is 6.09 Å². The lowest BCUT2D eigenvalue weighted by atomic mass is 9.94. The van der Waals surface area contributed by atoms with Crippen LogP contribution in [0.2, 0.25) is 0 Å². The lowest BCUT2D eigenvalue weighted by molar-refractivity contribution is -0.131. The largest absolute Gasteiger partial charge is 0.459 e. The molecular weight excluding hydrogens is 382 g/mol. The van der Waals surface area contributed by atoms with Gasteiger partial charge < -0.3 is 19.4 Å². The Balaban J connectivity index is 1.58. The molecule has 0 saturated carbocycles. The van der Waals surface area contributed by atoms with Crippen LogP contribution >= 0.6 is 0 Å². The number of halogens is 2. The highest BCUT2D eigenvalue weighted by Crippen LogP contribution is 2.30. The average Bonchev–Trinajstić information content (AvgIpc) is 2.88. The first-order valence-electron chi connectivity index (χ1n) is 9.57. The van der Waals surface area contributed by atoms with Crippen LogP contribution in [0.4, 0.5) is 13.6 Å². The Labute approximate surface area is 168 Å². The number of carbonyl (C=O) groups excluding carboxylic acids is 2. The van der Waals surface area contributed by atoms with Gasteiger partial charge in [0.2, 0.25) is 0 Å². The summed E-state index contributed by atoms with van der Waals surface area (Å²) in [6, 6.07) is 3.60. The van der Waals surface area contributed by atoms with Crippen molar-refractivity contribution in [2.75, 3.05) is 13.1 Å². The van der Waals surface area contributed by atoms with Crippen LogP contribution in [0.1, 0.15) is 45.1 Å². The number of furan rings is 1. The molecule has 1 aromatic heterocycles. The monoisotopic (exact) mass is 408 g/mol. The Bertz CT molecular complexity index is 929. The van der Waals surface area contributed by atoms with Crippen molar-refractivity contribution in [3.05, 3.63) is 35.3 Å². The van der Waals surface area contributed by atoms with Gasteiger partial charge in [0.25, 0.3) is 5.91 Å². The van der Waals surface area contributed by atoms with E-state index in [-0.39, 0.29) is 18.9 Å². The molecule has 6 nitrogen and oxygen atoms in total. The summed E-state index contributed by atoms with van der Waals surface area (Å²) in [6.45, 7) is 8.96. The molecule has 0 spiro atoms. The summed E-state index contributed by atoms with van der Waals surface area (Å²) in [4.78, 5) is 25.6. The fourth-order valence-corrected chi connectivity index (χ4v) is 3.37. The maximum atomic E-state index is 14.6. The maximum Gasteiger partial charge on any atom is 0.410 e. The van der Waals surface area contributed by atoms with Crippen molar-refractivity contribution in [1.82, 2.24) is 10.2 Å². The van der Waals surface area contributed by atoms with Crippen LogP contribution in [-0.4, -0.2) is 41.8 Å². The summed E-state index contributed by atoms with van der Waals surface area (Å²) < 4.78 is 39.0. The van der Waals surface area contributed by atoms with E-state index < -0.39 is 35.7 Å². The number of nitrogens with one attached hydrogen (secondary N) is 1. The van der Waals surface area contributed by atoms with Crippen LogP contribution in [0.3, 0.4) is 0 Å². The van der Waals surface area contributed by atoms with Gasteiger partial charge in [0.05, 0.1) is 6.04 Å². The molecule has 1 aliphatic heterocycles. The first kappa shape index (κ1) is 21.1. The SMILES string of the molecule is Cc1c(C(C)NC(=O)C(F)C2CN(C(=O)OC(C)(C)C)C2)oc2ccc(F)cc12. The molecule has 1 saturated heterocycles. The predicted molar refractivity (Wildman–Crippen MR) is 104 cm³/mol. The molecule has 3 rings (SSSR count). The molecule has 1 N–H and O–H groups in total. The normalized spacial score (nSPS) is 17.0. The molecule has 1 aromatic carbocycles. The number of aryl methyl sites for hydroxylation is 1. The zero-order valence-corrected chi connectivity index (χ0v) is 17.2. The Hall–Kier alpha value is -2.64. The summed E-state index contributed by atoms with van der Waals surface area (Å²) in [5.41, 5.74) is 0.573. The summed E-state index contributed by atoms with van der Waals surface area (Å²) in [7, 11) is 0. The number of hydrogen-bond donors (Lipinski definition) is 1. The Morgan fingerprint density at radius 3 is 2.59 bits per heavy atom. The molecule has 2 atom stereocenters. The standard InChI is InChI=1S/C21H26F2N2O4/c1-11-15-8-14(22)6-7-16(15)28-18(11)12(2)24-19(26)17(23)13-9-25(10-13)20(27)29-21(3,4)5/h6-8,12-13,17H,9-10H2,1-5H3,(H,24,26). The molecule has 2 unspecified atom stereocenters. The minimum Gasteiger partial charge on any atom is -0.459 e. The Kier molecular flexibility index (Phi) is 5.56. The maximum absolute atomic E-state index is 14.6. The van der Waals surface area contributed by atoms with Gasteiger partial charge in [-0.1, -0.05) is 0 Å². The van der Waals surface area contributed by atoms with Gasteiger partial charge in [-0.15, -0.1) is 0 Å². The number of ether oxygens (including phenoxy) is 1. The van der Waals surface area contributed by atoms with E-state index in [0.29, 0.717) is 22.3 Å². The molecule has 0 bridgehead atoms. The zero-order chi connectivity index (χ0) is 21.5. The summed E-state index contributed by atoms with van der Waals surface area (Å²) in [5, 5.41) is 3.22. The number of amides is 2. The fraction of sp³-hybridized carbons (Fsp3) is 0.524. The van der Waals surface area contributed by atoms with Crippen molar-refractivity contribution >= 4 is 23.0 Å². The van der Waals surface area contributed by atoms with Gasteiger partial charge in [-0.3, -0.25) is 4.79 Å². The van der Waals surface area contributed by atoms with Crippen molar-refractivity contribution in [3.63, 3.8) is 0 Å². The van der Waals surface area contributed by atoms with Gasteiger partial charge in [0.1, 0.15) is 22.8 Å². The van der Waals surface area contributed by atoms with Crippen molar-refractivity contribution in [3.8, 4) is 0 Å². The second-order valence-electron chi connectivity index (χ2n) is 8.51. The number of hydrogen-bond acceptors (Lipinski definition) is 4. The molecule has 2 amide bonds. The molecule has 2 aromatic rings. The fourth-order valence-electron chi connectivity index (χ4n) is 3.37. The number of likely N-dealkylation sites (tertiary alicyclic amines) is 1. The number of rotatable bonds is 4. The van der Waals surface area contributed by atoms with E-state index in [0.717, 1.165) is 0 Å². The lowest BCUT2D eigenvalue weighted by Crippen LogP contribution is -2.57. The van der Waals surface area contributed by atoms with Crippen LogP contribution in [0.15, 0.2) is 22.6 Å². The highest BCUT2D eigenvalue weighted by atomic mass is 19.1. The number of fused-ring (bicyclic) bond motifs is 1. The van der Waals surface area contributed by atoms with Gasteiger partial charge in [-0.05, 0) is 52.8 Å². The van der Waals surface area contributed by atoms with Gasteiger partial charge in [-0.25, -0.2) is 13.6 Å². The Morgan fingerprint density at radius 2 is 1.97 bits per heavy atom. The van der Waals surface area contributed by atoms with Crippen LogP contribution in [0.25, 0.3) is 11.0 Å². The van der Waals surface area contributed by atoms with Gasteiger partial charge in [0.15, 0.2) is 6.17 Å². The van der Waals surface area contributed by atoms with E-state index in [1.165, 1.54) is 23.1 Å². The molecule has 29 heavy (non-hydrogen) atoms. The van der Waals surface area contributed by atoms with Gasteiger partial charge in [0, 0.05) is 30.0 Å². The molecule has 0 radical (unpaired) electrons. The number of benzene rings is 1. The average molecular weight is 408 g/mol. The van der Waals surface area contributed by atoms with E-state index in [4.69, 9.17) is 9.15 Å². The van der Waals surface area contributed by atoms with E-state index in [1.807, 2.05) is 0 Å². The summed E-state index contributed by atoms with van der Waals surface area (Å²) in [6.07, 6.45) is -2.27. The molecule has 2 heterocycles. The molecular formula is C21H26F2N2O4. The predicted octanol–water partition coefficient (Wildman–Crippen LogP) is 4.26. The van der Waals surface area contributed by atoms with Crippen LogP contribution < -0.4 is 5.32 Å². The van der Waals surface area contributed by atoms with Crippen LogP contribution in [0, 0.1) is 18.7 Å². The number of nitrogens with zero attached hydrogens (tertiary/aromatic N) is 1. The molecule has 158 valence electrons.